The zero-order chi connectivity index (χ0) is 20.4. The highest BCUT2D eigenvalue weighted by molar-refractivity contribution is 7.99. The van der Waals surface area contributed by atoms with Crippen molar-refractivity contribution in [1.82, 2.24) is 19.9 Å². The summed E-state index contributed by atoms with van der Waals surface area (Å²) in [5.74, 6) is 0.0520. The molecular weight excluding hydrogens is 384 g/mol. The minimum absolute atomic E-state index is 0.108. The monoisotopic (exact) mass is 406 g/mol. The summed E-state index contributed by atoms with van der Waals surface area (Å²) in [5, 5.41) is 4.46. The maximum Gasteiger partial charge on any atom is 0.283 e. The standard InChI is InChI=1S/C22H22N4O2S/c1-14-7-8-17-16(11-14)15(12-24-17)9-10-23-20(27)13-29-21-22(28)26(2)19-6-4-3-5-18(19)25-21/h3-8,11-12,24H,9-10,13H2,1-2H3,(H,23,27). The average molecular weight is 407 g/mol. The van der Waals surface area contributed by atoms with Crippen LogP contribution in [0.3, 0.4) is 0 Å². The molecule has 2 N–H and O–H groups in total. The fourth-order valence-corrected chi connectivity index (χ4v) is 4.16. The number of fused-ring (bicyclic) bond motifs is 2. The van der Waals surface area contributed by atoms with Gasteiger partial charge in [0.05, 0.1) is 16.8 Å². The second-order valence-corrected chi connectivity index (χ2v) is 7.99. The zero-order valence-electron chi connectivity index (χ0n) is 16.4. The van der Waals surface area contributed by atoms with Crippen molar-refractivity contribution in [3.05, 3.63) is 70.1 Å². The van der Waals surface area contributed by atoms with Gasteiger partial charge in [-0.1, -0.05) is 35.5 Å². The smallest absolute Gasteiger partial charge is 0.283 e. The Morgan fingerprint density at radius 2 is 2.07 bits per heavy atom. The fourth-order valence-electron chi connectivity index (χ4n) is 3.37. The molecule has 6 nitrogen and oxygen atoms in total. The van der Waals surface area contributed by atoms with E-state index < -0.39 is 0 Å². The number of carbonyl (C=O) groups is 1. The number of amides is 1. The Hall–Kier alpha value is -3.06. The molecule has 29 heavy (non-hydrogen) atoms. The molecule has 0 aliphatic carbocycles. The van der Waals surface area contributed by atoms with Gasteiger partial charge in [0.2, 0.25) is 5.91 Å². The number of hydrogen-bond donors (Lipinski definition) is 2. The van der Waals surface area contributed by atoms with E-state index in [0.717, 1.165) is 23.0 Å². The molecule has 0 saturated heterocycles. The summed E-state index contributed by atoms with van der Waals surface area (Å²) in [7, 11) is 1.72. The predicted octanol–water partition coefficient (Wildman–Crippen LogP) is 3.17. The molecule has 4 aromatic rings. The third kappa shape index (κ3) is 4.05. The summed E-state index contributed by atoms with van der Waals surface area (Å²) in [4.78, 5) is 32.4. The summed E-state index contributed by atoms with van der Waals surface area (Å²) >= 11 is 1.17. The van der Waals surface area contributed by atoms with Crippen LogP contribution in [-0.2, 0) is 18.3 Å². The molecule has 2 aromatic carbocycles. The third-order valence-electron chi connectivity index (χ3n) is 4.93. The lowest BCUT2D eigenvalue weighted by molar-refractivity contribution is -0.118. The van der Waals surface area contributed by atoms with Gasteiger partial charge in [-0.15, -0.1) is 0 Å². The number of hydrogen-bond acceptors (Lipinski definition) is 4. The summed E-state index contributed by atoms with van der Waals surface area (Å²) in [5.41, 5.74) is 4.83. The van der Waals surface area contributed by atoms with E-state index in [-0.39, 0.29) is 17.2 Å². The summed E-state index contributed by atoms with van der Waals surface area (Å²) < 4.78 is 1.57. The fraction of sp³-hybridized carbons (Fsp3) is 0.227. The number of benzene rings is 2. The van der Waals surface area contributed by atoms with E-state index >= 15 is 0 Å². The van der Waals surface area contributed by atoms with Crippen molar-refractivity contribution in [2.24, 2.45) is 7.05 Å². The number of thioether (sulfide) groups is 1. The number of rotatable bonds is 6. The molecular formula is C22H22N4O2S. The summed E-state index contributed by atoms with van der Waals surface area (Å²) in [6.07, 6.45) is 2.74. The summed E-state index contributed by atoms with van der Waals surface area (Å²) in [6.45, 7) is 2.61. The lowest BCUT2D eigenvalue weighted by Gasteiger charge is -2.08. The SMILES string of the molecule is Cc1ccc2[nH]cc(CCNC(=O)CSc3nc4ccccc4n(C)c3=O)c2c1. The number of aryl methyl sites for hydroxylation is 2. The Bertz CT molecular complexity index is 1260. The highest BCUT2D eigenvalue weighted by atomic mass is 32.2. The van der Waals surface area contributed by atoms with Crippen LogP contribution in [0.5, 0.6) is 0 Å². The molecule has 7 heteroatoms. The molecule has 0 saturated carbocycles. The van der Waals surface area contributed by atoms with E-state index in [1.54, 1.807) is 11.6 Å². The van der Waals surface area contributed by atoms with Crippen molar-refractivity contribution >= 4 is 39.6 Å². The van der Waals surface area contributed by atoms with Crippen LogP contribution in [0.4, 0.5) is 0 Å². The lowest BCUT2D eigenvalue weighted by Crippen LogP contribution is -2.28. The first-order valence-electron chi connectivity index (χ1n) is 9.45. The van der Waals surface area contributed by atoms with Crippen molar-refractivity contribution < 1.29 is 4.79 Å². The van der Waals surface area contributed by atoms with Crippen molar-refractivity contribution in [3.63, 3.8) is 0 Å². The maximum atomic E-state index is 12.5. The highest BCUT2D eigenvalue weighted by Gasteiger charge is 2.11. The van der Waals surface area contributed by atoms with Gasteiger partial charge < -0.3 is 14.9 Å². The minimum atomic E-state index is -0.185. The number of nitrogens with zero attached hydrogens (tertiary/aromatic N) is 2. The van der Waals surface area contributed by atoms with Gasteiger partial charge in [-0.2, -0.15) is 0 Å². The van der Waals surface area contributed by atoms with Crippen LogP contribution in [0.25, 0.3) is 21.9 Å². The molecule has 148 valence electrons. The van der Waals surface area contributed by atoms with E-state index in [2.05, 4.69) is 40.4 Å². The van der Waals surface area contributed by atoms with Crippen molar-refractivity contribution in [2.45, 2.75) is 18.4 Å². The zero-order valence-corrected chi connectivity index (χ0v) is 17.2. The van der Waals surface area contributed by atoms with Crippen molar-refractivity contribution in [2.75, 3.05) is 12.3 Å². The Labute approximate surface area is 172 Å². The van der Waals surface area contributed by atoms with Crippen LogP contribution < -0.4 is 10.9 Å². The number of H-pyrrole nitrogens is 1. The van der Waals surface area contributed by atoms with E-state index in [0.29, 0.717) is 11.6 Å². The first kappa shape index (κ1) is 19.3. The van der Waals surface area contributed by atoms with E-state index in [1.807, 2.05) is 30.5 Å². The minimum Gasteiger partial charge on any atom is -0.361 e. The van der Waals surface area contributed by atoms with Crippen molar-refractivity contribution in [1.29, 1.82) is 0 Å². The predicted molar refractivity (Wildman–Crippen MR) is 117 cm³/mol. The van der Waals surface area contributed by atoms with Gasteiger partial charge in [0.15, 0.2) is 5.03 Å². The van der Waals surface area contributed by atoms with Crippen molar-refractivity contribution in [3.8, 4) is 0 Å². The van der Waals surface area contributed by atoms with E-state index in [9.17, 15) is 9.59 Å². The molecule has 0 aliphatic rings. The van der Waals surface area contributed by atoms with Crippen LogP contribution in [0, 0.1) is 6.92 Å². The molecule has 2 aromatic heterocycles. The van der Waals surface area contributed by atoms with E-state index in [4.69, 9.17) is 0 Å². The Balaban J connectivity index is 1.36. The molecule has 0 atom stereocenters. The molecule has 1 amide bonds. The van der Waals surface area contributed by atoms with Gasteiger partial charge in [-0.05, 0) is 43.2 Å². The Kier molecular flexibility index (Phi) is 5.40. The lowest BCUT2D eigenvalue weighted by atomic mass is 10.1. The van der Waals surface area contributed by atoms with Gasteiger partial charge in [0.1, 0.15) is 0 Å². The molecule has 0 bridgehead atoms. The number of aromatic amines is 1. The molecule has 0 spiro atoms. The first-order valence-corrected chi connectivity index (χ1v) is 10.4. The quantitative estimate of drug-likeness (QED) is 0.482. The van der Waals surface area contributed by atoms with E-state index in [1.165, 1.54) is 28.3 Å². The molecule has 0 unspecified atom stereocenters. The first-order chi connectivity index (χ1) is 14.0. The average Bonchev–Trinajstić information content (AvgIpc) is 3.12. The van der Waals surface area contributed by atoms with Crippen LogP contribution in [-0.4, -0.2) is 32.7 Å². The highest BCUT2D eigenvalue weighted by Crippen LogP contribution is 2.20. The van der Waals surface area contributed by atoms with Gasteiger partial charge in [0.25, 0.3) is 5.56 Å². The van der Waals surface area contributed by atoms with Crippen LogP contribution in [0.1, 0.15) is 11.1 Å². The van der Waals surface area contributed by atoms with Gasteiger partial charge >= 0.3 is 0 Å². The normalized spacial score (nSPS) is 11.2. The Morgan fingerprint density at radius 1 is 1.24 bits per heavy atom. The number of para-hydroxylation sites is 2. The molecule has 0 radical (unpaired) electrons. The molecule has 0 fully saturated rings. The largest absolute Gasteiger partial charge is 0.361 e. The topological polar surface area (TPSA) is 79.8 Å². The summed E-state index contributed by atoms with van der Waals surface area (Å²) in [6, 6.07) is 13.8. The number of aromatic nitrogens is 3. The maximum absolute atomic E-state index is 12.5. The third-order valence-corrected chi connectivity index (χ3v) is 5.88. The van der Waals surface area contributed by atoms with Crippen LogP contribution in [0.2, 0.25) is 0 Å². The second-order valence-electron chi connectivity index (χ2n) is 7.02. The van der Waals surface area contributed by atoms with Gasteiger partial charge in [0, 0.05) is 30.7 Å². The number of carbonyl (C=O) groups excluding carboxylic acids is 1. The van der Waals surface area contributed by atoms with Crippen LogP contribution in [0.15, 0.2) is 58.5 Å². The molecule has 2 heterocycles. The van der Waals surface area contributed by atoms with Crippen LogP contribution >= 0.6 is 11.8 Å². The van der Waals surface area contributed by atoms with Gasteiger partial charge in [-0.3, -0.25) is 9.59 Å². The molecule has 0 aliphatic heterocycles. The Morgan fingerprint density at radius 3 is 2.93 bits per heavy atom. The van der Waals surface area contributed by atoms with Gasteiger partial charge in [-0.25, -0.2) is 4.98 Å². The second kappa shape index (κ2) is 8.13. The molecule has 4 rings (SSSR count). The number of nitrogens with one attached hydrogen (secondary N) is 2.